The van der Waals surface area contributed by atoms with Gasteiger partial charge in [-0.05, 0) is 42.6 Å². The summed E-state index contributed by atoms with van der Waals surface area (Å²) in [6, 6.07) is 0.730. The highest BCUT2D eigenvalue weighted by Gasteiger charge is 2.12. The number of halogens is 1. The molecular weight excluding hydrogens is 290 g/mol. The van der Waals surface area contributed by atoms with Crippen LogP contribution < -0.4 is 5.32 Å². The first-order chi connectivity index (χ1) is 8.68. The van der Waals surface area contributed by atoms with Crippen molar-refractivity contribution in [1.29, 1.82) is 0 Å². The van der Waals surface area contributed by atoms with E-state index in [1.165, 1.54) is 44.2 Å². The molecule has 1 fully saturated rings. The van der Waals surface area contributed by atoms with E-state index in [-0.39, 0.29) is 0 Å². The monoisotopic (exact) mass is 313 g/mol. The number of hydrogen-bond donors (Lipinski definition) is 1. The third kappa shape index (κ3) is 3.58. The normalized spacial score (nSPS) is 17.9. The van der Waals surface area contributed by atoms with E-state index in [1.807, 2.05) is 6.92 Å². The Balaban J connectivity index is 1.79. The average Bonchev–Trinajstić information content (AvgIpc) is 2.59. The molecule has 3 nitrogen and oxygen atoms in total. The number of nitrogens with one attached hydrogen (secondary N) is 1. The van der Waals surface area contributed by atoms with Crippen LogP contribution in [0.15, 0.2) is 4.47 Å². The van der Waals surface area contributed by atoms with Crippen molar-refractivity contribution >= 4 is 15.9 Å². The molecular formula is C14H24BrN3. The molecule has 1 aliphatic carbocycles. The van der Waals surface area contributed by atoms with Gasteiger partial charge in [-0.1, -0.05) is 25.7 Å². The molecule has 0 aliphatic heterocycles. The summed E-state index contributed by atoms with van der Waals surface area (Å²) in [5, 5.41) is 8.23. The van der Waals surface area contributed by atoms with Gasteiger partial charge in [0.2, 0.25) is 0 Å². The highest BCUT2D eigenvalue weighted by molar-refractivity contribution is 9.10. The first kappa shape index (κ1) is 14.1. The number of nitrogens with zero attached hydrogens (tertiary/aromatic N) is 2. The van der Waals surface area contributed by atoms with Crippen LogP contribution >= 0.6 is 15.9 Å². The van der Waals surface area contributed by atoms with Crippen LogP contribution in [0.5, 0.6) is 0 Å². The summed E-state index contributed by atoms with van der Waals surface area (Å²) in [5.74, 6) is 0. The number of hydrogen-bond acceptors (Lipinski definition) is 2. The van der Waals surface area contributed by atoms with Gasteiger partial charge in [0.25, 0.3) is 0 Å². The summed E-state index contributed by atoms with van der Waals surface area (Å²) < 4.78 is 3.25. The van der Waals surface area contributed by atoms with Crippen molar-refractivity contribution in [2.75, 3.05) is 6.54 Å². The highest BCUT2D eigenvalue weighted by atomic mass is 79.9. The predicted molar refractivity (Wildman–Crippen MR) is 78.9 cm³/mol. The zero-order valence-electron chi connectivity index (χ0n) is 11.5. The maximum Gasteiger partial charge on any atom is 0.0738 e. The topological polar surface area (TPSA) is 29.9 Å². The minimum atomic E-state index is 0.730. The van der Waals surface area contributed by atoms with Gasteiger partial charge in [0, 0.05) is 18.3 Å². The van der Waals surface area contributed by atoms with E-state index in [0.717, 1.165) is 29.3 Å². The molecule has 102 valence electrons. The van der Waals surface area contributed by atoms with Gasteiger partial charge in [0.15, 0.2) is 0 Å². The van der Waals surface area contributed by atoms with Gasteiger partial charge in [-0.25, -0.2) is 0 Å². The second kappa shape index (κ2) is 6.71. The lowest BCUT2D eigenvalue weighted by atomic mass is 10.1. The molecule has 0 unspecified atom stereocenters. The lowest BCUT2D eigenvalue weighted by molar-refractivity contribution is 0.434. The van der Waals surface area contributed by atoms with Crippen LogP contribution in [0.25, 0.3) is 0 Å². The summed E-state index contributed by atoms with van der Waals surface area (Å²) in [6.45, 7) is 6.16. The third-order valence-corrected chi connectivity index (χ3v) is 5.05. The Morgan fingerprint density at radius 2 is 1.89 bits per heavy atom. The van der Waals surface area contributed by atoms with Crippen molar-refractivity contribution in [3.8, 4) is 0 Å². The van der Waals surface area contributed by atoms with E-state index in [9.17, 15) is 0 Å². The maximum absolute atomic E-state index is 4.54. The highest BCUT2D eigenvalue weighted by Crippen LogP contribution is 2.20. The molecule has 1 aliphatic rings. The molecule has 4 heteroatoms. The average molecular weight is 314 g/mol. The predicted octanol–water partition coefficient (Wildman–Crippen LogP) is 3.57. The van der Waals surface area contributed by atoms with Crippen molar-refractivity contribution in [2.45, 2.75) is 65.0 Å². The van der Waals surface area contributed by atoms with Crippen LogP contribution in [-0.4, -0.2) is 22.4 Å². The molecule has 0 bridgehead atoms. The molecule has 18 heavy (non-hydrogen) atoms. The zero-order chi connectivity index (χ0) is 13.0. The van der Waals surface area contributed by atoms with Gasteiger partial charge < -0.3 is 5.32 Å². The first-order valence-corrected chi connectivity index (χ1v) is 7.90. The van der Waals surface area contributed by atoms with Crippen LogP contribution in [0, 0.1) is 13.8 Å². The fourth-order valence-corrected chi connectivity index (χ4v) is 3.03. The second-order valence-electron chi connectivity index (χ2n) is 5.35. The summed E-state index contributed by atoms with van der Waals surface area (Å²) in [5.41, 5.74) is 2.32. The van der Waals surface area contributed by atoms with Crippen LogP contribution in [-0.2, 0) is 6.54 Å². The van der Waals surface area contributed by atoms with E-state index in [0.29, 0.717) is 0 Å². The minimum absolute atomic E-state index is 0.730. The molecule has 0 spiro atoms. The Morgan fingerprint density at radius 1 is 1.22 bits per heavy atom. The van der Waals surface area contributed by atoms with Crippen LogP contribution in [0.3, 0.4) is 0 Å². The zero-order valence-corrected chi connectivity index (χ0v) is 13.1. The lowest BCUT2D eigenvalue weighted by Crippen LogP contribution is -2.31. The SMILES string of the molecule is Cc1nn(CCNC2CCCCCC2)c(C)c1Br. The Labute approximate surface area is 118 Å². The second-order valence-corrected chi connectivity index (χ2v) is 6.14. The molecule has 1 saturated carbocycles. The van der Waals surface area contributed by atoms with Crippen molar-refractivity contribution in [3.05, 3.63) is 15.9 Å². The third-order valence-electron chi connectivity index (χ3n) is 3.90. The summed E-state index contributed by atoms with van der Waals surface area (Å²) >= 11 is 3.58. The maximum atomic E-state index is 4.54. The largest absolute Gasteiger partial charge is 0.312 e. The van der Waals surface area contributed by atoms with Crippen LogP contribution in [0.2, 0.25) is 0 Å². The first-order valence-electron chi connectivity index (χ1n) is 7.11. The summed E-state index contributed by atoms with van der Waals surface area (Å²) in [6.07, 6.45) is 8.32. The molecule has 0 amide bonds. The lowest BCUT2D eigenvalue weighted by Gasteiger charge is -2.16. The molecule has 2 rings (SSSR count). The number of aromatic nitrogens is 2. The molecule has 1 aromatic rings. The molecule has 1 aromatic heterocycles. The van der Waals surface area contributed by atoms with Gasteiger partial charge in [0.05, 0.1) is 16.7 Å². The van der Waals surface area contributed by atoms with Gasteiger partial charge in [-0.2, -0.15) is 5.10 Å². The van der Waals surface area contributed by atoms with E-state index < -0.39 is 0 Å². The Morgan fingerprint density at radius 3 is 2.44 bits per heavy atom. The summed E-state index contributed by atoms with van der Waals surface area (Å²) in [7, 11) is 0. The Hall–Kier alpha value is -0.350. The number of aryl methyl sites for hydroxylation is 1. The fourth-order valence-electron chi connectivity index (χ4n) is 2.75. The van der Waals surface area contributed by atoms with E-state index in [1.54, 1.807) is 0 Å². The molecule has 0 aromatic carbocycles. The van der Waals surface area contributed by atoms with Gasteiger partial charge in [-0.15, -0.1) is 0 Å². The van der Waals surface area contributed by atoms with Crippen molar-refractivity contribution in [3.63, 3.8) is 0 Å². The van der Waals surface area contributed by atoms with Crippen molar-refractivity contribution in [2.24, 2.45) is 0 Å². The standard InChI is InChI=1S/C14H24BrN3/c1-11-14(15)12(2)18(17-11)10-9-16-13-7-5-3-4-6-8-13/h13,16H,3-10H2,1-2H3. The minimum Gasteiger partial charge on any atom is -0.312 e. The molecule has 0 radical (unpaired) electrons. The quantitative estimate of drug-likeness (QED) is 0.861. The van der Waals surface area contributed by atoms with E-state index >= 15 is 0 Å². The molecule has 1 heterocycles. The van der Waals surface area contributed by atoms with Gasteiger partial charge >= 0.3 is 0 Å². The van der Waals surface area contributed by atoms with Crippen molar-refractivity contribution in [1.82, 2.24) is 15.1 Å². The van der Waals surface area contributed by atoms with Crippen molar-refractivity contribution < 1.29 is 0 Å². The Bertz CT molecular complexity index is 379. The summed E-state index contributed by atoms with van der Waals surface area (Å²) in [4.78, 5) is 0. The van der Waals surface area contributed by atoms with Gasteiger partial charge in [-0.3, -0.25) is 4.68 Å². The van der Waals surface area contributed by atoms with E-state index in [4.69, 9.17) is 0 Å². The molecule has 1 N–H and O–H groups in total. The Kier molecular flexibility index (Phi) is 5.25. The number of rotatable bonds is 4. The molecule has 0 atom stereocenters. The molecule has 0 saturated heterocycles. The van der Waals surface area contributed by atoms with Gasteiger partial charge in [0.1, 0.15) is 0 Å². The van der Waals surface area contributed by atoms with E-state index in [2.05, 4.69) is 38.0 Å². The van der Waals surface area contributed by atoms with Crippen LogP contribution in [0.4, 0.5) is 0 Å². The van der Waals surface area contributed by atoms with Crippen LogP contribution in [0.1, 0.15) is 49.9 Å². The smallest absolute Gasteiger partial charge is 0.0738 e. The fraction of sp³-hybridized carbons (Fsp3) is 0.786.